The smallest absolute Gasteiger partial charge is 0.414 e. The molecule has 1 fully saturated rings. The molecule has 0 unspecified atom stereocenters. The molecule has 2 heterocycles. The van der Waals surface area contributed by atoms with Gasteiger partial charge in [0.25, 0.3) is 0 Å². The van der Waals surface area contributed by atoms with Crippen molar-refractivity contribution in [3.05, 3.63) is 59.4 Å². The minimum atomic E-state index is -0.892. The van der Waals surface area contributed by atoms with Crippen molar-refractivity contribution in [2.45, 2.75) is 70.6 Å². The first-order valence-electron chi connectivity index (χ1n) is 12.5. The Labute approximate surface area is 205 Å². The van der Waals surface area contributed by atoms with Gasteiger partial charge in [0, 0.05) is 23.6 Å². The number of aliphatic hydroxyl groups excluding tert-OH is 1. The van der Waals surface area contributed by atoms with Gasteiger partial charge >= 0.3 is 6.09 Å². The van der Waals surface area contributed by atoms with Crippen LogP contribution in [0.4, 0.5) is 10.5 Å². The zero-order chi connectivity index (χ0) is 24.7. The molecule has 7 heteroatoms. The summed E-state index contributed by atoms with van der Waals surface area (Å²) in [6.07, 6.45) is 3.89. The van der Waals surface area contributed by atoms with E-state index in [4.69, 9.17) is 9.72 Å². The number of carbonyl (C=O) groups is 2. The van der Waals surface area contributed by atoms with Crippen molar-refractivity contribution in [2.24, 2.45) is 5.92 Å². The largest absolute Gasteiger partial charge is 0.452 e. The Balaban J connectivity index is 1.69. The van der Waals surface area contributed by atoms with Crippen LogP contribution in [0.15, 0.2) is 42.5 Å². The van der Waals surface area contributed by atoms with Gasteiger partial charge in [-0.15, -0.1) is 0 Å². The van der Waals surface area contributed by atoms with Crippen LogP contribution in [0, 0.1) is 5.92 Å². The van der Waals surface area contributed by atoms with Gasteiger partial charge < -0.3 is 14.4 Å². The molecule has 1 aliphatic heterocycles. The Morgan fingerprint density at radius 2 is 1.89 bits per heavy atom. The summed E-state index contributed by atoms with van der Waals surface area (Å²) < 4.78 is 7.24. The van der Waals surface area contributed by atoms with E-state index < -0.39 is 6.10 Å². The molecule has 3 aromatic rings. The van der Waals surface area contributed by atoms with Crippen LogP contribution in [-0.2, 0) is 16.0 Å². The molecule has 35 heavy (non-hydrogen) atoms. The summed E-state index contributed by atoms with van der Waals surface area (Å²) in [5.74, 6) is 0.850. The lowest BCUT2D eigenvalue weighted by Crippen LogP contribution is -2.42. The summed E-state index contributed by atoms with van der Waals surface area (Å²) in [6.45, 7) is 3.70. The van der Waals surface area contributed by atoms with E-state index in [1.165, 1.54) is 7.11 Å². The third-order valence-electron chi connectivity index (χ3n) is 7.80. The van der Waals surface area contributed by atoms with Gasteiger partial charge in [0.2, 0.25) is 0 Å². The molecule has 184 valence electrons. The first-order valence-corrected chi connectivity index (χ1v) is 12.5. The molecular weight excluding hydrogens is 442 g/mol. The van der Waals surface area contributed by atoms with E-state index in [0.29, 0.717) is 5.82 Å². The van der Waals surface area contributed by atoms with Gasteiger partial charge in [-0.25, -0.2) is 9.78 Å². The number of aliphatic hydroxyl groups is 1. The minimum absolute atomic E-state index is 0.0264. The van der Waals surface area contributed by atoms with Crippen LogP contribution in [0.25, 0.3) is 11.0 Å². The van der Waals surface area contributed by atoms with Crippen LogP contribution >= 0.6 is 0 Å². The van der Waals surface area contributed by atoms with Gasteiger partial charge in [0.1, 0.15) is 17.7 Å². The molecule has 4 atom stereocenters. The number of nitrogens with zero attached hydrogens (tertiary/aromatic N) is 3. The lowest BCUT2D eigenvalue weighted by molar-refractivity contribution is -0.122. The maximum atomic E-state index is 12.6. The molecule has 1 amide bonds. The highest BCUT2D eigenvalue weighted by atomic mass is 16.5. The quantitative estimate of drug-likeness (QED) is 0.550. The first-order chi connectivity index (χ1) is 16.9. The van der Waals surface area contributed by atoms with Crippen molar-refractivity contribution >= 4 is 28.6 Å². The van der Waals surface area contributed by atoms with Gasteiger partial charge in [-0.2, -0.15) is 0 Å². The number of methoxy groups -OCH3 is 1. The Hall–Kier alpha value is -3.19. The topological polar surface area (TPSA) is 84.7 Å². The van der Waals surface area contributed by atoms with Crippen molar-refractivity contribution in [3.8, 4) is 0 Å². The van der Waals surface area contributed by atoms with E-state index in [1.807, 2.05) is 49.4 Å². The van der Waals surface area contributed by atoms with E-state index in [0.717, 1.165) is 66.4 Å². The van der Waals surface area contributed by atoms with Crippen LogP contribution < -0.4 is 4.90 Å². The van der Waals surface area contributed by atoms with Gasteiger partial charge in [0.15, 0.2) is 0 Å². The SMILES string of the molecule is COC(=O)N1c2ccc3c(nc([C@H](O)c4ccccc4)n3[C@@H]3CCC[C@@H](C(C)=O)C3)c2CC[C@@H]1C. The maximum absolute atomic E-state index is 12.6. The molecule has 5 rings (SSSR count). The number of hydrogen-bond donors (Lipinski definition) is 1. The number of imidazole rings is 1. The summed E-state index contributed by atoms with van der Waals surface area (Å²) in [4.78, 5) is 31.6. The molecule has 0 bridgehead atoms. The van der Waals surface area contributed by atoms with Crippen LogP contribution in [0.5, 0.6) is 0 Å². The molecule has 1 saturated carbocycles. The predicted octanol–water partition coefficient (Wildman–Crippen LogP) is 5.35. The minimum Gasteiger partial charge on any atom is -0.452 e. The number of fused-ring (bicyclic) bond motifs is 3. The highest BCUT2D eigenvalue weighted by Gasteiger charge is 2.34. The maximum Gasteiger partial charge on any atom is 0.414 e. The van der Waals surface area contributed by atoms with E-state index in [1.54, 1.807) is 11.8 Å². The molecule has 7 nitrogen and oxygen atoms in total. The second kappa shape index (κ2) is 9.46. The van der Waals surface area contributed by atoms with E-state index in [2.05, 4.69) is 4.57 Å². The summed E-state index contributed by atoms with van der Waals surface area (Å²) in [7, 11) is 1.40. The monoisotopic (exact) mass is 475 g/mol. The number of aryl methyl sites for hydroxylation is 1. The third kappa shape index (κ3) is 4.12. The lowest BCUT2D eigenvalue weighted by atomic mass is 9.83. The van der Waals surface area contributed by atoms with Gasteiger partial charge in [-0.05, 0) is 63.6 Å². The van der Waals surface area contributed by atoms with Crippen molar-refractivity contribution in [3.63, 3.8) is 0 Å². The van der Waals surface area contributed by atoms with Gasteiger partial charge in [-0.3, -0.25) is 9.69 Å². The number of hydrogen-bond acceptors (Lipinski definition) is 5. The number of carbonyl (C=O) groups excluding carboxylic acids is 2. The summed E-state index contributed by atoms with van der Waals surface area (Å²) >= 11 is 0. The lowest BCUT2D eigenvalue weighted by Gasteiger charge is -2.34. The zero-order valence-electron chi connectivity index (χ0n) is 20.6. The highest BCUT2D eigenvalue weighted by molar-refractivity contribution is 5.95. The molecule has 1 aliphatic carbocycles. The number of ketones is 1. The van der Waals surface area contributed by atoms with Crippen LogP contribution in [0.2, 0.25) is 0 Å². The second-order valence-corrected chi connectivity index (χ2v) is 9.94. The molecule has 1 aromatic heterocycles. The Morgan fingerprint density at radius 1 is 1.11 bits per heavy atom. The van der Waals surface area contributed by atoms with Crippen LogP contribution in [-0.4, -0.2) is 39.7 Å². The van der Waals surface area contributed by atoms with E-state index >= 15 is 0 Å². The van der Waals surface area contributed by atoms with Gasteiger partial charge in [0.05, 0.1) is 23.8 Å². The molecule has 0 radical (unpaired) electrons. The number of amides is 1. The van der Waals surface area contributed by atoms with E-state index in [-0.39, 0.29) is 29.9 Å². The number of rotatable bonds is 4. The Bertz CT molecular complexity index is 1250. The standard InChI is InChI=1S/C28H33N3O4/c1-17-12-13-22-23(30(17)28(34)35-3)14-15-24-25(22)29-27(26(33)19-8-5-4-6-9-19)31(24)21-11-7-10-20(16-21)18(2)32/h4-6,8-9,14-15,17,20-21,26,33H,7,10-13,16H2,1-3H3/t17-,20+,21+,26+/m0/s1. The number of anilines is 1. The Kier molecular flexibility index (Phi) is 6.36. The van der Waals surface area contributed by atoms with Crippen molar-refractivity contribution in [2.75, 3.05) is 12.0 Å². The summed E-state index contributed by atoms with van der Waals surface area (Å²) in [5.41, 5.74) is 4.37. The number of benzene rings is 2. The highest BCUT2D eigenvalue weighted by Crippen LogP contribution is 2.42. The predicted molar refractivity (Wildman–Crippen MR) is 135 cm³/mol. The van der Waals surface area contributed by atoms with Crippen LogP contribution in [0.1, 0.15) is 75.0 Å². The third-order valence-corrected chi connectivity index (χ3v) is 7.80. The molecule has 1 N–H and O–H groups in total. The second-order valence-electron chi connectivity index (χ2n) is 9.94. The molecule has 2 aliphatic rings. The molecule has 2 aromatic carbocycles. The van der Waals surface area contributed by atoms with Crippen molar-refractivity contribution in [1.29, 1.82) is 0 Å². The summed E-state index contributed by atoms with van der Waals surface area (Å²) in [5, 5.41) is 11.5. The fourth-order valence-electron chi connectivity index (χ4n) is 5.92. The molecular formula is C28H33N3O4. The van der Waals surface area contributed by atoms with Crippen molar-refractivity contribution < 1.29 is 19.4 Å². The van der Waals surface area contributed by atoms with Crippen LogP contribution in [0.3, 0.4) is 0 Å². The van der Waals surface area contributed by atoms with E-state index in [9.17, 15) is 14.7 Å². The molecule has 0 spiro atoms. The summed E-state index contributed by atoms with van der Waals surface area (Å²) in [6, 6.07) is 13.7. The Morgan fingerprint density at radius 3 is 2.60 bits per heavy atom. The average molecular weight is 476 g/mol. The number of aromatic nitrogens is 2. The number of ether oxygens (including phenoxy) is 1. The van der Waals surface area contributed by atoms with Gasteiger partial charge in [-0.1, -0.05) is 36.8 Å². The fourth-order valence-corrected chi connectivity index (χ4v) is 5.92. The van der Waals surface area contributed by atoms with Crippen molar-refractivity contribution in [1.82, 2.24) is 9.55 Å². The fraction of sp³-hybridized carbons (Fsp3) is 0.464. The number of Topliss-reactive ketones (excluding diaryl/α,β-unsaturated/α-hetero) is 1. The molecule has 0 saturated heterocycles. The average Bonchev–Trinajstić information content (AvgIpc) is 3.28. The normalized spacial score (nSPS) is 23.1. The zero-order valence-corrected chi connectivity index (χ0v) is 20.6. The first kappa shape index (κ1) is 23.5.